The third-order valence-corrected chi connectivity index (χ3v) is 6.00. The average molecular weight is 473 g/mol. The van der Waals surface area contributed by atoms with Crippen molar-refractivity contribution in [2.75, 3.05) is 0 Å². The van der Waals surface area contributed by atoms with Gasteiger partial charge in [0.1, 0.15) is 17.2 Å². The van der Waals surface area contributed by atoms with Crippen LogP contribution < -0.4 is 0 Å². The van der Waals surface area contributed by atoms with Crippen LogP contribution in [0, 0.1) is 0 Å². The van der Waals surface area contributed by atoms with E-state index in [9.17, 15) is 10.2 Å². The second-order valence-corrected chi connectivity index (χ2v) is 8.36. The maximum absolute atomic E-state index is 10.4. The van der Waals surface area contributed by atoms with Crippen molar-refractivity contribution < 1.29 is 10.2 Å². The molecule has 0 saturated carbocycles. The molecule has 0 saturated heterocycles. The topological polar surface area (TPSA) is 52.8 Å². The fraction of sp³-hybridized carbons (Fsp3) is 0.208. The van der Waals surface area contributed by atoms with Crippen LogP contribution in [0.25, 0.3) is 0 Å². The van der Waals surface area contributed by atoms with Crippen LogP contribution in [0.1, 0.15) is 48.4 Å². The summed E-state index contributed by atoms with van der Waals surface area (Å²) in [5.41, 5.74) is 4.16. The minimum Gasteiger partial charge on any atom is -0.506 e. The molecule has 0 bridgehead atoms. The molecule has 0 aliphatic carbocycles. The molecule has 0 aliphatic rings. The predicted molar refractivity (Wildman–Crippen MR) is 124 cm³/mol. The number of aliphatic imine (C=N–C) groups is 1. The van der Waals surface area contributed by atoms with Crippen molar-refractivity contribution in [2.45, 2.75) is 32.6 Å². The molecule has 0 unspecified atom stereocenters. The van der Waals surface area contributed by atoms with E-state index in [-0.39, 0.29) is 11.5 Å². The zero-order chi connectivity index (χ0) is 21.0. The Morgan fingerprint density at radius 2 is 1.86 bits per heavy atom. The van der Waals surface area contributed by atoms with E-state index in [1.807, 2.05) is 48.5 Å². The highest BCUT2D eigenvalue weighted by atomic mass is 79.9. The summed E-state index contributed by atoms with van der Waals surface area (Å²) >= 11 is 9.70. The predicted octanol–water partition coefficient (Wildman–Crippen LogP) is 7.37. The van der Waals surface area contributed by atoms with Crippen molar-refractivity contribution in [1.82, 2.24) is 0 Å². The summed E-state index contributed by atoms with van der Waals surface area (Å²) in [6.45, 7) is 4.27. The number of hydrogen-bond donors (Lipinski definition) is 2. The highest BCUT2D eigenvalue weighted by Crippen LogP contribution is 2.33. The molecule has 3 nitrogen and oxygen atoms in total. The van der Waals surface area contributed by atoms with Gasteiger partial charge < -0.3 is 10.2 Å². The Bertz CT molecular complexity index is 1050. The number of hydrogen-bond acceptors (Lipinski definition) is 3. The number of benzene rings is 3. The fourth-order valence-electron chi connectivity index (χ4n) is 3.07. The number of phenolic OH excluding ortho intramolecular Hbond substituents is 2. The van der Waals surface area contributed by atoms with Crippen molar-refractivity contribution >= 4 is 39.4 Å². The van der Waals surface area contributed by atoms with Crippen LogP contribution in [0.2, 0.25) is 5.02 Å². The van der Waals surface area contributed by atoms with Gasteiger partial charge in [0.25, 0.3) is 0 Å². The smallest absolute Gasteiger partial charge is 0.141 e. The molecule has 3 rings (SSSR count). The molecule has 0 amide bonds. The van der Waals surface area contributed by atoms with Crippen molar-refractivity contribution in [3.63, 3.8) is 0 Å². The van der Waals surface area contributed by atoms with E-state index in [0.717, 1.165) is 23.1 Å². The van der Waals surface area contributed by atoms with Crippen molar-refractivity contribution in [1.29, 1.82) is 0 Å². The zero-order valence-electron chi connectivity index (χ0n) is 16.4. The van der Waals surface area contributed by atoms with Crippen LogP contribution >= 0.6 is 27.5 Å². The van der Waals surface area contributed by atoms with Crippen molar-refractivity contribution in [3.8, 4) is 11.5 Å². The van der Waals surface area contributed by atoms with Gasteiger partial charge in [0.15, 0.2) is 0 Å². The summed E-state index contributed by atoms with van der Waals surface area (Å²) < 4.78 is 0.584. The third-order valence-electron chi connectivity index (χ3n) is 5.03. The van der Waals surface area contributed by atoms with Gasteiger partial charge in [-0.05, 0) is 81.7 Å². The largest absolute Gasteiger partial charge is 0.506 e. The van der Waals surface area contributed by atoms with Gasteiger partial charge in [-0.2, -0.15) is 0 Å². The normalized spacial score (nSPS) is 12.4. The van der Waals surface area contributed by atoms with E-state index < -0.39 is 0 Å². The Morgan fingerprint density at radius 3 is 2.59 bits per heavy atom. The van der Waals surface area contributed by atoms with E-state index >= 15 is 0 Å². The van der Waals surface area contributed by atoms with Crippen molar-refractivity contribution in [3.05, 3.63) is 86.3 Å². The molecule has 0 aromatic heterocycles. The molecule has 0 fully saturated rings. The Labute approximate surface area is 184 Å². The Balaban J connectivity index is 1.93. The lowest BCUT2D eigenvalue weighted by molar-refractivity contribution is 0.470. The quantitative estimate of drug-likeness (QED) is 0.368. The first kappa shape index (κ1) is 21.4. The SMILES string of the molecule is CC[C@@H](C)c1ccc(O)c(N=Cc2cc(Cc3ccccc3Cl)cc(Br)c2O)c1. The fourth-order valence-corrected chi connectivity index (χ4v) is 3.79. The Morgan fingerprint density at radius 1 is 1.10 bits per heavy atom. The van der Waals surface area contributed by atoms with Gasteiger partial charge in [0.05, 0.1) is 4.47 Å². The number of nitrogens with zero attached hydrogens (tertiary/aromatic N) is 1. The standard InChI is InChI=1S/C24H23BrClNO2/c1-3-15(2)17-8-9-23(28)22(13-17)27-14-19-11-16(12-20(25)24(19)29)10-18-6-4-5-7-21(18)26/h4-9,11-15,28-29H,3,10H2,1-2H3/t15-/m1/s1. The molecule has 3 aromatic carbocycles. The zero-order valence-corrected chi connectivity index (χ0v) is 18.7. The van der Waals surface area contributed by atoms with Crippen LogP contribution in [0.5, 0.6) is 11.5 Å². The van der Waals surface area contributed by atoms with Crippen LogP contribution in [0.15, 0.2) is 64.1 Å². The summed E-state index contributed by atoms with van der Waals surface area (Å²) in [6.07, 6.45) is 3.21. The summed E-state index contributed by atoms with van der Waals surface area (Å²) in [5.74, 6) is 0.597. The molecule has 3 aromatic rings. The highest BCUT2D eigenvalue weighted by molar-refractivity contribution is 9.10. The van der Waals surface area contributed by atoms with Gasteiger partial charge in [-0.25, -0.2) is 0 Å². The minimum atomic E-state index is 0.106. The number of rotatable bonds is 6. The van der Waals surface area contributed by atoms with Crippen LogP contribution in [0.3, 0.4) is 0 Å². The lowest BCUT2D eigenvalue weighted by atomic mass is 9.98. The molecule has 0 radical (unpaired) electrons. The average Bonchev–Trinajstić information content (AvgIpc) is 2.71. The number of aromatic hydroxyl groups is 2. The van der Waals surface area contributed by atoms with Gasteiger partial charge in [-0.15, -0.1) is 0 Å². The van der Waals surface area contributed by atoms with Gasteiger partial charge in [-0.1, -0.05) is 49.7 Å². The van der Waals surface area contributed by atoms with Crippen LogP contribution in [-0.2, 0) is 6.42 Å². The van der Waals surface area contributed by atoms with E-state index in [1.54, 1.807) is 12.3 Å². The first-order valence-electron chi connectivity index (χ1n) is 9.50. The van der Waals surface area contributed by atoms with Gasteiger partial charge in [0.2, 0.25) is 0 Å². The molecule has 1 atom stereocenters. The first-order chi connectivity index (χ1) is 13.9. The van der Waals surface area contributed by atoms with Crippen molar-refractivity contribution in [2.24, 2.45) is 4.99 Å². The molecule has 2 N–H and O–H groups in total. The lowest BCUT2D eigenvalue weighted by Crippen LogP contribution is -1.93. The number of phenols is 2. The lowest BCUT2D eigenvalue weighted by Gasteiger charge is -2.11. The molecular weight excluding hydrogens is 450 g/mol. The molecule has 0 heterocycles. The van der Waals surface area contributed by atoms with Gasteiger partial charge >= 0.3 is 0 Å². The summed E-state index contributed by atoms with van der Waals surface area (Å²) in [5, 5.41) is 21.3. The molecule has 0 aliphatic heterocycles. The summed E-state index contributed by atoms with van der Waals surface area (Å²) in [4.78, 5) is 4.44. The van der Waals surface area contributed by atoms with Gasteiger partial charge in [0, 0.05) is 16.8 Å². The first-order valence-corrected chi connectivity index (χ1v) is 10.7. The third kappa shape index (κ3) is 5.20. The molecule has 150 valence electrons. The van der Waals surface area contributed by atoms with Gasteiger partial charge in [-0.3, -0.25) is 4.99 Å². The molecule has 29 heavy (non-hydrogen) atoms. The van der Waals surface area contributed by atoms with E-state index in [0.29, 0.717) is 33.1 Å². The highest BCUT2D eigenvalue weighted by Gasteiger charge is 2.10. The molecule has 5 heteroatoms. The molecular formula is C24H23BrClNO2. The van der Waals surface area contributed by atoms with E-state index in [1.165, 1.54) is 0 Å². The maximum Gasteiger partial charge on any atom is 0.141 e. The van der Waals surface area contributed by atoms with Crippen LogP contribution in [0.4, 0.5) is 5.69 Å². The number of halogens is 2. The summed E-state index contributed by atoms with van der Waals surface area (Å²) in [6, 6.07) is 16.9. The van der Waals surface area contributed by atoms with E-state index in [2.05, 4.69) is 34.8 Å². The van der Waals surface area contributed by atoms with Crippen LogP contribution in [-0.4, -0.2) is 16.4 Å². The van der Waals surface area contributed by atoms with E-state index in [4.69, 9.17) is 11.6 Å². The monoisotopic (exact) mass is 471 g/mol. The molecule has 0 spiro atoms. The second-order valence-electron chi connectivity index (χ2n) is 7.10. The summed E-state index contributed by atoms with van der Waals surface area (Å²) in [7, 11) is 0. The minimum absolute atomic E-state index is 0.106. The maximum atomic E-state index is 10.4. The Hall–Kier alpha value is -2.30. The Kier molecular flexibility index (Phi) is 6.99. The second kappa shape index (κ2) is 9.47.